The van der Waals surface area contributed by atoms with Gasteiger partial charge in [-0.15, -0.1) is 0 Å². The summed E-state index contributed by atoms with van der Waals surface area (Å²) in [5, 5.41) is 11.3. The summed E-state index contributed by atoms with van der Waals surface area (Å²) in [6, 6.07) is 8.08. The van der Waals surface area contributed by atoms with Crippen molar-refractivity contribution in [2.75, 3.05) is 0 Å². The molecule has 2 rings (SSSR count). The largest absolute Gasteiger partial charge is 0.307 e. The van der Waals surface area contributed by atoms with Gasteiger partial charge in [-0.2, -0.15) is 10.2 Å². The van der Waals surface area contributed by atoms with E-state index in [9.17, 15) is 4.39 Å². The van der Waals surface area contributed by atoms with E-state index in [0.29, 0.717) is 18.1 Å². The minimum absolute atomic E-state index is 0.326. The lowest BCUT2D eigenvalue weighted by Crippen LogP contribution is -2.14. The highest BCUT2D eigenvalue weighted by Crippen LogP contribution is 2.16. The van der Waals surface area contributed by atoms with Crippen LogP contribution in [0.1, 0.15) is 11.3 Å². The summed E-state index contributed by atoms with van der Waals surface area (Å²) in [5.41, 5.74) is 1.71. The van der Waals surface area contributed by atoms with Gasteiger partial charge in [0.05, 0.1) is 5.69 Å². The molecule has 0 aliphatic rings. The first-order valence-corrected chi connectivity index (χ1v) is 5.55. The van der Waals surface area contributed by atoms with Crippen molar-refractivity contribution in [2.24, 2.45) is 0 Å². The molecule has 5 heteroatoms. The lowest BCUT2D eigenvalue weighted by molar-refractivity contribution is 0.624. The monoisotopic (exact) mass is 251 g/mol. The number of rotatable bonds is 4. The molecule has 1 aromatic carbocycles. The fourth-order valence-electron chi connectivity index (χ4n) is 1.42. The van der Waals surface area contributed by atoms with Gasteiger partial charge >= 0.3 is 0 Å². The zero-order valence-electron chi connectivity index (χ0n) is 9.03. The summed E-state index contributed by atoms with van der Waals surface area (Å²) in [6.45, 7) is 1.16. The molecule has 0 spiro atoms. The highest BCUT2D eigenvalue weighted by molar-refractivity contribution is 6.31. The summed E-state index contributed by atoms with van der Waals surface area (Å²) in [6.07, 6.45) is 1.63. The molecule has 88 valence electrons. The fraction of sp³-hybridized carbons (Fsp3) is 0.167. The number of nitrogens with zero attached hydrogens (tertiary/aromatic N) is 2. The summed E-state index contributed by atoms with van der Waals surface area (Å²) in [5.74, 6) is -0.326. The van der Waals surface area contributed by atoms with E-state index < -0.39 is 0 Å². The lowest BCUT2D eigenvalue weighted by atomic mass is 10.2. The second-order valence-corrected chi connectivity index (χ2v) is 3.96. The van der Waals surface area contributed by atoms with Crippen LogP contribution >= 0.6 is 11.6 Å². The van der Waals surface area contributed by atoms with Crippen molar-refractivity contribution >= 4 is 11.6 Å². The van der Waals surface area contributed by atoms with Crippen molar-refractivity contribution in [3.8, 4) is 0 Å². The van der Waals surface area contributed by atoms with Gasteiger partial charge in [0.25, 0.3) is 0 Å². The number of nitrogens with one attached hydrogen (secondary N) is 1. The Morgan fingerprint density at radius 3 is 2.82 bits per heavy atom. The molecular formula is C12H11ClFN3. The molecule has 2 aromatic rings. The van der Waals surface area contributed by atoms with Gasteiger partial charge in [0, 0.05) is 24.3 Å². The van der Waals surface area contributed by atoms with Crippen molar-refractivity contribution in [1.82, 2.24) is 15.5 Å². The molecule has 0 aliphatic heterocycles. The summed E-state index contributed by atoms with van der Waals surface area (Å²) in [7, 11) is 0. The third-order valence-electron chi connectivity index (χ3n) is 2.26. The van der Waals surface area contributed by atoms with E-state index in [0.717, 1.165) is 11.3 Å². The minimum Gasteiger partial charge on any atom is -0.307 e. The quantitative estimate of drug-likeness (QED) is 0.908. The maximum atomic E-state index is 12.8. The van der Waals surface area contributed by atoms with Gasteiger partial charge in [-0.1, -0.05) is 17.7 Å². The molecule has 0 amide bonds. The Hall–Kier alpha value is -1.52. The van der Waals surface area contributed by atoms with Gasteiger partial charge in [0.15, 0.2) is 0 Å². The van der Waals surface area contributed by atoms with Gasteiger partial charge < -0.3 is 5.32 Å². The van der Waals surface area contributed by atoms with Crippen LogP contribution in [0.15, 0.2) is 36.5 Å². The Morgan fingerprint density at radius 2 is 2.12 bits per heavy atom. The molecule has 0 saturated carbocycles. The third-order valence-corrected chi connectivity index (χ3v) is 2.62. The zero-order valence-corrected chi connectivity index (χ0v) is 9.78. The summed E-state index contributed by atoms with van der Waals surface area (Å²) in [4.78, 5) is 0. The van der Waals surface area contributed by atoms with Gasteiger partial charge in [-0.3, -0.25) is 0 Å². The van der Waals surface area contributed by atoms with E-state index in [4.69, 9.17) is 11.6 Å². The molecule has 0 atom stereocenters. The molecule has 0 bridgehead atoms. The Bertz CT molecular complexity index is 490. The molecule has 1 aromatic heterocycles. The van der Waals surface area contributed by atoms with E-state index in [1.165, 1.54) is 12.1 Å². The predicted octanol–water partition coefficient (Wildman–Crippen LogP) is 2.56. The lowest BCUT2D eigenvalue weighted by Gasteiger charge is -2.06. The highest BCUT2D eigenvalue weighted by Gasteiger charge is 2.01. The van der Waals surface area contributed by atoms with Crippen molar-refractivity contribution < 1.29 is 4.39 Å². The maximum Gasteiger partial charge on any atom is 0.124 e. The minimum atomic E-state index is -0.326. The van der Waals surface area contributed by atoms with Gasteiger partial charge in [-0.25, -0.2) is 4.39 Å². The Morgan fingerprint density at radius 1 is 1.24 bits per heavy atom. The van der Waals surface area contributed by atoms with Crippen LogP contribution in [0.25, 0.3) is 0 Å². The second kappa shape index (κ2) is 5.70. The van der Waals surface area contributed by atoms with Crippen LogP contribution in [0.2, 0.25) is 5.02 Å². The van der Waals surface area contributed by atoms with Crippen molar-refractivity contribution in [2.45, 2.75) is 13.1 Å². The number of halogens is 2. The molecule has 0 saturated heterocycles. The molecule has 0 aliphatic carbocycles. The zero-order chi connectivity index (χ0) is 12.1. The van der Waals surface area contributed by atoms with E-state index in [-0.39, 0.29) is 5.82 Å². The van der Waals surface area contributed by atoms with Crippen LogP contribution in [-0.4, -0.2) is 10.2 Å². The SMILES string of the molecule is Fc1ccc(CNCc2cccnn2)c(Cl)c1. The summed E-state index contributed by atoms with van der Waals surface area (Å²) >= 11 is 5.90. The first-order chi connectivity index (χ1) is 8.25. The van der Waals surface area contributed by atoms with Gasteiger partial charge in [0.1, 0.15) is 5.82 Å². The van der Waals surface area contributed by atoms with Gasteiger partial charge in [-0.05, 0) is 29.8 Å². The molecular weight excluding hydrogens is 241 g/mol. The molecule has 3 nitrogen and oxygen atoms in total. The first kappa shape index (κ1) is 12.0. The van der Waals surface area contributed by atoms with Crippen LogP contribution in [0, 0.1) is 5.82 Å². The van der Waals surface area contributed by atoms with Crippen molar-refractivity contribution in [3.05, 3.63) is 58.6 Å². The van der Waals surface area contributed by atoms with E-state index in [1.807, 2.05) is 12.1 Å². The Balaban J connectivity index is 1.90. The topological polar surface area (TPSA) is 37.8 Å². The molecule has 0 radical (unpaired) electrons. The normalized spacial score (nSPS) is 10.5. The van der Waals surface area contributed by atoms with Crippen molar-refractivity contribution in [1.29, 1.82) is 0 Å². The average Bonchev–Trinajstić information content (AvgIpc) is 2.33. The van der Waals surface area contributed by atoms with Crippen LogP contribution in [0.3, 0.4) is 0 Å². The number of hydrogen-bond donors (Lipinski definition) is 1. The standard InChI is InChI=1S/C12H11ClFN3/c13-12-6-10(14)4-3-9(12)7-15-8-11-2-1-5-16-17-11/h1-6,15H,7-8H2. The highest BCUT2D eigenvalue weighted by atomic mass is 35.5. The smallest absolute Gasteiger partial charge is 0.124 e. The maximum absolute atomic E-state index is 12.8. The molecule has 0 unspecified atom stereocenters. The molecule has 0 fully saturated rings. The van der Waals surface area contributed by atoms with E-state index in [1.54, 1.807) is 12.3 Å². The number of hydrogen-bond acceptors (Lipinski definition) is 3. The van der Waals surface area contributed by atoms with Crippen LogP contribution in [-0.2, 0) is 13.1 Å². The Kier molecular flexibility index (Phi) is 4.01. The predicted molar refractivity (Wildman–Crippen MR) is 64.0 cm³/mol. The van der Waals surface area contributed by atoms with E-state index >= 15 is 0 Å². The molecule has 1 N–H and O–H groups in total. The number of benzene rings is 1. The second-order valence-electron chi connectivity index (χ2n) is 3.55. The van der Waals surface area contributed by atoms with Crippen molar-refractivity contribution in [3.63, 3.8) is 0 Å². The van der Waals surface area contributed by atoms with Crippen LogP contribution < -0.4 is 5.32 Å². The fourth-order valence-corrected chi connectivity index (χ4v) is 1.65. The van der Waals surface area contributed by atoms with Crippen LogP contribution in [0.4, 0.5) is 4.39 Å². The molecule has 1 heterocycles. The van der Waals surface area contributed by atoms with E-state index in [2.05, 4.69) is 15.5 Å². The molecule has 17 heavy (non-hydrogen) atoms. The van der Waals surface area contributed by atoms with Gasteiger partial charge in [0.2, 0.25) is 0 Å². The van der Waals surface area contributed by atoms with Crippen LogP contribution in [0.5, 0.6) is 0 Å². The first-order valence-electron chi connectivity index (χ1n) is 5.17. The third kappa shape index (κ3) is 3.47. The number of aromatic nitrogens is 2. The summed E-state index contributed by atoms with van der Waals surface area (Å²) < 4.78 is 12.8. The average molecular weight is 252 g/mol. The Labute approximate surface area is 104 Å².